The molecule has 1 aromatic rings. The minimum absolute atomic E-state index is 0.0676. The first-order chi connectivity index (χ1) is 8.97. The molecule has 6 nitrogen and oxygen atoms in total. The Morgan fingerprint density at radius 1 is 1.58 bits per heavy atom. The molecule has 1 amide bonds. The third-order valence-corrected chi connectivity index (χ3v) is 3.65. The lowest BCUT2D eigenvalue weighted by atomic mass is 10.2. The Kier molecular flexibility index (Phi) is 4.19. The van der Waals surface area contributed by atoms with Gasteiger partial charge in [-0.1, -0.05) is 5.16 Å². The van der Waals surface area contributed by atoms with E-state index in [9.17, 15) is 4.79 Å². The SMILES string of the molecule is CC(=O)N(Cc1noc(C)n1)C1CCN(C(C)C)C1. The summed E-state index contributed by atoms with van der Waals surface area (Å²) < 4.78 is 4.96. The number of amides is 1. The molecule has 1 aliphatic rings. The van der Waals surface area contributed by atoms with E-state index in [0.717, 1.165) is 19.5 Å². The molecule has 1 fully saturated rings. The van der Waals surface area contributed by atoms with E-state index in [1.807, 2.05) is 4.90 Å². The van der Waals surface area contributed by atoms with Gasteiger partial charge in [-0.15, -0.1) is 0 Å². The molecule has 0 aliphatic carbocycles. The third-order valence-electron chi connectivity index (χ3n) is 3.65. The van der Waals surface area contributed by atoms with Gasteiger partial charge >= 0.3 is 0 Å². The molecular formula is C13H22N4O2. The molecule has 2 rings (SSSR count). The van der Waals surface area contributed by atoms with Crippen LogP contribution >= 0.6 is 0 Å². The topological polar surface area (TPSA) is 62.5 Å². The Balaban J connectivity index is 2.03. The molecule has 0 spiro atoms. The summed E-state index contributed by atoms with van der Waals surface area (Å²) in [5.74, 6) is 1.18. The molecule has 1 atom stereocenters. The van der Waals surface area contributed by atoms with Crippen LogP contribution in [0.25, 0.3) is 0 Å². The first-order valence-corrected chi connectivity index (χ1v) is 6.78. The van der Waals surface area contributed by atoms with Gasteiger partial charge in [0.05, 0.1) is 6.54 Å². The summed E-state index contributed by atoms with van der Waals surface area (Å²) in [4.78, 5) is 20.3. The maximum Gasteiger partial charge on any atom is 0.223 e. The number of likely N-dealkylation sites (tertiary alicyclic amines) is 1. The number of nitrogens with zero attached hydrogens (tertiary/aromatic N) is 4. The number of hydrogen-bond donors (Lipinski definition) is 0. The molecule has 1 aliphatic heterocycles. The smallest absolute Gasteiger partial charge is 0.223 e. The minimum atomic E-state index is 0.0676. The van der Waals surface area contributed by atoms with E-state index in [-0.39, 0.29) is 11.9 Å². The first-order valence-electron chi connectivity index (χ1n) is 6.78. The molecule has 2 heterocycles. The van der Waals surface area contributed by atoms with Crippen molar-refractivity contribution in [3.05, 3.63) is 11.7 Å². The molecule has 6 heteroatoms. The van der Waals surface area contributed by atoms with E-state index in [2.05, 4.69) is 28.9 Å². The van der Waals surface area contributed by atoms with Gasteiger partial charge in [-0.3, -0.25) is 9.69 Å². The zero-order valence-electron chi connectivity index (χ0n) is 12.1. The van der Waals surface area contributed by atoms with Crippen LogP contribution in [0, 0.1) is 6.92 Å². The lowest BCUT2D eigenvalue weighted by Crippen LogP contribution is -2.41. The van der Waals surface area contributed by atoms with Gasteiger partial charge in [0.25, 0.3) is 0 Å². The number of hydrogen-bond acceptors (Lipinski definition) is 5. The van der Waals surface area contributed by atoms with Crippen molar-refractivity contribution in [3.8, 4) is 0 Å². The average molecular weight is 266 g/mol. The van der Waals surface area contributed by atoms with E-state index in [1.54, 1.807) is 13.8 Å². The second kappa shape index (κ2) is 5.69. The van der Waals surface area contributed by atoms with Crippen molar-refractivity contribution in [1.82, 2.24) is 19.9 Å². The predicted octanol–water partition coefficient (Wildman–Crippen LogP) is 1.21. The van der Waals surface area contributed by atoms with E-state index < -0.39 is 0 Å². The normalized spacial score (nSPS) is 20.2. The summed E-state index contributed by atoms with van der Waals surface area (Å²) in [6.07, 6.45) is 1.01. The molecule has 0 bridgehead atoms. The van der Waals surface area contributed by atoms with Crippen LogP contribution in [0.2, 0.25) is 0 Å². The van der Waals surface area contributed by atoms with Crippen molar-refractivity contribution in [2.45, 2.75) is 52.7 Å². The lowest BCUT2D eigenvalue weighted by molar-refractivity contribution is -0.131. The number of rotatable bonds is 4. The molecule has 1 unspecified atom stereocenters. The number of aryl methyl sites for hydroxylation is 1. The van der Waals surface area contributed by atoms with Crippen LogP contribution < -0.4 is 0 Å². The summed E-state index contributed by atoms with van der Waals surface area (Å²) in [5, 5.41) is 3.87. The van der Waals surface area contributed by atoms with E-state index in [0.29, 0.717) is 24.3 Å². The van der Waals surface area contributed by atoms with Crippen LogP contribution in [0.1, 0.15) is 38.9 Å². The predicted molar refractivity (Wildman–Crippen MR) is 70.4 cm³/mol. The highest BCUT2D eigenvalue weighted by atomic mass is 16.5. The van der Waals surface area contributed by atoms with Gasteiger partial charge in [-0.05, 0) is 20.3 Å². The van der Waals surface area contributed by atoms with Gasteiger partial charge in [0.2, 0.25) is 11.8 Å². The fraction of sp³-hybridized carbons (Fsp3) is 0.769. The fourth-order valence-corrected chi connectivity index (χ4v) is 2.55. The van der Waals surface area contributed by atoms with E-state index >= 15 is 0 Å². The van der Waals surface area contributed by atoms with E-state index in [4.69, 9.17) is 4.52 Å². The summed E-state index contributed by atoms with van der Waals surface area (Å²) in [7, 11) is 0. The maximum atomic E-state index is 11.8. The zero-order chi connectivity index (χ0) is 14.0. The quantitative estimate of drug-likeness (QED) is 0.819. The van der Waals surface area contributed by atoms with Crippen LogP contribution in [0.4, 0.5) is 0 Å². The average Bonchev–Trinajstić information content (AvgIpc) is 2.94. The number of carbonyl (C=O) groups is 1. The van der Waals surface area contributed by atoms with Gasteiger partial charge in [-0.2, -0.15) is 4.98 Å². The Labute approximate surface area is 113 Å². The number of carbonyl (C=O) groups excluding carboxylic acids is 1. The van der Waals surface area contributed by atoms with Crippen LogP contribution in [0.3, 0.4) is 0 Å². The molecule has 1 saturated heterocycles. The summed E-state index contributed by atoms with van der Waals surface area (Å²) >= 11 is 0. The second-order valence-corrected chi connectivity index (χ2v) is 5.41. The minimum Gasteiger partial charge on any atom is -0.340 e. The first kappa shape index (κ1) is 14.0. The van der Waals surface area contributed by atoms with Crippen LogP contribution in [-0.2, 0) is 11.3 Å². The van der Waals surface area contributed by atoms with Crippen molar-refractivity contribution in [3.63, 3.8) is 0 Å². The van der Waals surface area contributed by atoms with Gasteiger partial charge < -0.3 is 9.42 Å². The summed E-state index contributed by atoms with van der Waals surface area (Å²) in [6.45, 7) is 10.1. The van der Waals surface area contributed by atoms with Crippen molar-refractivity contribution in [2.75, 3.05) is 13.1 Å². The van der Waals surface area contributed by atoms with Gasteiger partial charge in [-0.25, -0.2) is 0 Å². The van der Waals surface area contributed by atoms with E-state index in [1.165, 1.54) is 0 Å². The Bertz CT molecular complexity index is 444. The molecule has 0 radical (unpaired) electrons. The highest BCUT2D eigenvalue weighted by Gasteiger charge is 2.31. The van der Waals surface area contributed by atoms with Crippen LogP contribution in [0.5, 0.6) is 0 Å². The molecule has 0 saturated carbocycles. The molecule has 0 N–H and O–H groups in total. The molecule has 19 heavy (non-hydrogen) atoms. The highest BCUT2D eigenvalue weighted by molar-refractivity contribution is 5.73. The molecular weight excluding hydrogens is 244 g/mol. The molecule has 1 aromatic heterocycles. The maximum absolute atomic E-state index is 11.8. The lowest BCUT2D eigenvalue weighted by Gasteiger charge is -2.27. The molecule has 0 aromatic carbocycles. The van der Waals surface area contributed by atoms with Gasteiger partial charge in [0.1, 0.15) is 0 Å². The van der Waals surface area contributed by atoms with Gasteiger partial charge in [0, 0.05) is 39.0 Å². The fourth-order valence-electron chi connectivity index (χ4n) is 2.55. The number of aromatic nitrogens is 2. The Hall–Kier alpha value is -1.43. The van der Waals surface area contributed by atoms with Crippen molar-refractivity contribution in [1.29, 1.82) is 0 Å². The Morgan fingerprint density at radius 3 is 2.79 bits per heavy atom. The molecule has 106 valence electrons. The largest absolute Gasteiger partial charge is 0.340 e. The van der Waals surface area contributed by atoms with Crippen molar-refractivity contribution >= 4 is 5.91 Å². The summed E-state index contributed by atoms with van der Waals surface area (Å²) in [6, 6.07) is 0.768. The van der Waals surface area contributed by atoms with Gasteiger partial charge in [0.15, 0.2) is 5.82 Å². The van der Waals surface area contributed by atoms with Crippen molar-refractivity contribution < 1.29 is 9.32 Å². The zero-order valence-corrected chi connectivity index (χ0v) is 12.1. The standard InChI is InChI=1S/C13H22N4O2/c1-9(2)16-6-5-12(7-16)17(11(4)18)8-13-14-10(3)19-15-13/h9,12H,5-8H2,1-4H3. The highest BCUT2D eigenvalue weighted by Crippen LogP contribution is 2.19. The third kappa shape index (κ3) is 3.32. The van der Waals surface area contributed by atoms with Crippen LogP contribution in [0.15, 0.2) is 4.52 Å². The van der Waals surface area contributed by atoms with Crippen molar-refractivity contribution in [2.24, 2.45) is 0 Å². The van der Waals surface area contributed by atoms with Crippen LogP contribution in [-0.4, -0.2) is 51.0 Å². The monoisotopic (exact) mass is 266 g/mol. The summed E-state index contributed by atoms with van der Waals surface area (Å²) in [5.41, 5.74) is 0. The second-order valence-electron chi connectivity index (χ2n) is 5.41. The Morgan fingerprint density at radius 2 is 2.32 bits per heavy atom.